The molecule has 2 rings (SSSR count). The van der Waals surface area contributed by atoms with E-state index in [9.17, 15) is 4.39 Å². The van der Waals surface area contributed by atoms with Crippen LogP contribution in [0, 0.1) is 5.82 Å². The lowest BCUT2D eigenvalue weighted by Gasteiger charge is -2.19. The lowest BCUT2D eigenvalue weighted by atomic mass is 10.2. The van der Waals surface area contributed by atoms with Crippen molar-refractivity contribution in [3.05, 3.63) is 44.4 Å². The van der Waals surface area contributed by atoms with Crippen LogP contribution in [0.5, 0.6) is 0 Å². The zero-order valence-electron chi connectivity index (χ0n) is 10.8. The zero-order valence-corrected chi connectivity index (χ0v) is 13.2. The minimum atomic E-state index is -0.255. The SMILES string of the molecule is CNCc1ccnc(N(C)Cc2cc(Br)cs2)c1F. The third kappa shape index (κ3) is 3.52. The quantitative estimate of drug-likeness (QED) is 0.901. The Morgan fingerprint density at radius 2 is 2.32 bits per heavy atom. The number of aromatic nitrogens is 1. The van der Waals surface area contributed by atoms with Crippen LogP contribution in [-0.4, -0.2) is 19.1 Å². The first kappa shape index (κ1) is 14.4. The molecule has 0 bridgehead atoms. The van der Waals surface area contributed by atoms with Crippen molar-refractivity contribution in [2.24, 2.45) is 0 Å². The van der Waals surface area contributed by atoms with E-state index >= 15 is 0 Å². The van der Waals surface area contributed by atoms with Crippen LogP contribution in [0.2, 0.25) is 0 Å². The van der Waals surface area contributed by atoms with Gasteiger partial charge in [0.2, 0.25) is 0 Å². The van der Waals surface area contributed by atoms with Crippen LogP contribution in [-0.2, 0) is 13.1 Å². The number of halogens is 2. The van der Waals surface area contributed by atoms with E-state index in [1.165, 1.54) is 0 Å². The highest BCUT2D eigenvalue weighted by molar-refractivity contribution is 9.10. The van der Waals surface area contributed by atoms with Crippen molar-refractivity contribution in [3.63, 3.8) is 0 Å². The second-order valence-corrected chi connectivity index (χ2v) is 6.14. The number of hydrogen-bond donors (Lipinski definition) is 1. The second-order valence-electron chi connectivity index (χ2n) is 4.23. The zero-order chi connectivity index (χ0) is 13.8. The first-order valence-electron chi connectivity index (χ1n) is 5.84. The highest BCUT2D eigenvalue weighted by atomic mass is 79.9. The molecule has 0 unspecified atom stereocenters. The molecule has 0 aliphatic rings. The average Bonchev–Trinajstić information content (AvgIpc) is 2.77. The Balaban J connectivity index is 2.18. The Hall–Kier alpha value is -0.980. The molecule has 0 saturated heterocycles. The molecule has 0 spiro atoms. The third-order valence-corrected chi connectivity index (χ3v) is 4.38. The van der Waals surface area contributed by atoms with Crippen molar-refractivity contribution in [1.82, 2.24) is 10.3 Å². The van der Waals surface area contributed by atoms with Crippen LogP contribution in [0.3, 0.4) is 0 Å². The fourth-order valence-electron chi connectivity index (χ4n) is 1.81. The number of hydrogen-bond acceptors (Lipinski definition) is 4. The minimum absolute atomic E-state index is 0.255. The summed E-state index contributed by atoms with van der Waals surface area (Å²) in [6.45, 7) is 1.14. The Morgan fingerprint density at radius 1 is 1.53 bits per heavy atom. The van der Waals surface area contributed by atoms with Crippen molar-refractivity contribution in [2.45, 2.75) is 13.1 Å². The molecule has 0 fully saturated rings. The molecule has 0 aliphatic heterocycles. The van der Waals surface area contributed by atoms with Gasteiger partial charge in [-0.05, 0) is 35.1 Å². The standard InChI is InChI=1S/C13H15BrFN3S/c1-16-6-9-3-4-17-13(12(9)15)18(2)7-11-5-10(14)8-19-11/h3-5,8,16H,6-7H2,1-2H3. The number of pyridine rings is 1. The third-order valence-electron chi connectivity index (χ3n) is 2.69. The summed E-state index contributed by atoms with van der Waals surface area (Å²) in [6, 6.07) is 3.74. The maximum Gasteiger partial charge on any atom is 0.170 e. The Labute approximate surface area is 124 Å². The van der Waals surface area contributed by atoms with Crippen LogP contribution in [0.15, 0.2) is 28.2 Å². The van der Waals surface area contributed by atoms with Crippen LogP contribution < -0.4 is 10.2 Å². The van der Waals surface area contributed by atoms with E-state index in [0.717, 1.165) is 9.35 Å². The van der Waals surface area contributed by atoms with Gasteiger partial charge in [0, 0.05) is 40.1 Å². The summed E-state index contributed by atoms with van der Waals surface area (Å²) in [5, 5.41) is 4.97. The highest BCUT2D eigenvalue weighted by Crippen LogP contribution is 2.24. The van der Waals surface area contributed by atoms with E-state index in [-0.39, 0.29) is 5.82 Å². The van der Waals surface area contributed by atoms with Gasteiger partial charge in [0.05, 0.1) is 6.54 Å². The molecule has 3 nitrogen and oxygen atoms in total. The molecule has 0 saturated carbocycles. The summed E-state index contributed by atoms with van der Waals surface area (Å²) in [5.74, 6) is 0.132. The van der Waals surface area contributed by atoms with Gasteiger partial charge in [0.25, 0.3) is 0 Å². The van der Waals surface area contributed by atoms with Crippen LogP contribution in [0.4, 0.5) is 10.2 Å². The van der Waals surface area contributed by atoms with Gasteiger partial charge in [-0.15, -0.1) is 11.3 Å². The minimum Gasteiger partial charge on any atom is -0.352 e. The fraction of sp³-hybridized carbons (Fsp3) is 0.308. The number of anilines is 1. The van der Waals surface area contributed by atoms with E-state index < -0.39 is 0 Å². The van der Waals surface area contributed by atoms with Crippen molar-refractivity contribution in [3.8, 4) is 0 Å². The summed E-state index contributed by atoms with van der Waals surface area (Å²) in [4.78, 5) is 7.13. The van der Waals surface area contributed by atoms with E-state index in [4.69, 9.17) is 0 Å². The van der Waals surface area contributed by atoms with Crippen molar-refractivity contribution in [1.29, 1.82) is 0 Å². The van der Waals surface area contributed by atoms with Gasteiger partial charge in [-0.25, -0.2) is 9.37 Å². The molecule has 0 amide bonds. The summed E-state index contributed by atoms with van der Waals surface area (Å²) in [6.07, 6.45) is 1.64. The lowest BCUT2D eigenvalue weighted by molar-refractivity contribution is 0.590. The molecule has 2 aromatic heterocycles. The molecule has 0 atom stereocenters. The molecular weight excluding hydrogens is 329 g/mol. The van der Waals surface area contributed by atoms with Gasteiger partial charge < -0.3 is 10.2 Å². The van der Waals surface area contributed by atoms with Crippen molar-refractivity contribution in [2.75, 3.05) is 19.0 Å². The number of thiophene rings is 1. The monoisotopic (exact) mass is 343 g/mol. The van der Waals surface area contributed by atoms with Crippen molar-refractivity contribution < 1.29 is 4.39 Å². The summed E-state index contributed by atoms with van der Waals surface area (Å²) >= 11 is 5.06. The maximum absolute atomic E-state index is 14.3. The second kappa shape index (κ2) is 6.45. The molecule has 1 N–H and O–H groups in total. The van der Waals surface area contributed by atoms with Gasteiger partial charge in [0.1, 0.15) is 0 Å². The molecule has 0 radical (unpaired) electrons. The van der Waals surface area contributed by atoms with Gasteiger partial charge in [-0.3, -0.25) is 0 Å². The fourth-order valence-corrected chi connectivity index (χ4v) is 3.31. The lowest BCUT2D eigenvalue weighted by Crippen LogP contribution is -2.20. The van der Waals surface area contributed by atoms with Gasteiger partial charge in [-0.2, -0.15) is 0 Å². The molecular formula is C13H15BrFN3S. The van der Waals surface area contributed by atoms with Crippen LogP contribution >= 0.6 is 27.3 Å². The molecule has 0 aromatic carbocycles. The molecule has 6 heteroatoms. The largest absolute Gasteiger partial charge is 0.352 e. The molecule has 102 valence electrons. The predicted octanol–water partition coefficient (Wildman–Crippen LogP) is 3.40. The normalized spacial score (nSPS) is 10.7. The summed E-state index contributed by atoms with van der Waals surface area (Å²) in [7, 11) is 3.65. The van der Waals surface area contributed by atoms with Gasteiger partial charge in [-0.1, -0.05) is 0 Å². The molecule has 2 aromatic rings. The Bertz CT molecular complexity index is 559. The highest BCUT2D eigenvalue weighted by Gasteiger charge is 2.13. The Morgan fingerprint density at radius 3 is 2.95 bits per heavy atom. The van der Waals surface area contributed by atoms with Gasteiger partial charge in [0.15, 0.2) is 11.6 Å². The summed E-state index contributed by atoms with van der Waals surface area (Å²) in [5.41, 5.74) is 0.631. The molecule has 0 aliphatic carbocycles. The van der Waals surface area contributed by atoms with Gasteiger partial charge >= 0.3 is 0 Å². The topological polar surface area (TPSA) is 28.2 Å². The number of nitrogens with one attached hydrogen (secondary N) is 1. The first-order valence-corrected chi connectivity index (χ1v) is 7.51. The van der Waals surface area contributed by atoms with Crippen molar-refractivity contribution >= 4 is 33.1 Å². The Kier molecular flexibility index (Phi) is 4.90. The summed E-state index contributed by atoms with van der Waals surface area (Å²) < 4.78 is 15.3. The van der Waals surface area contributed by atoms with E-state index in [1.54, 1.807) is 30.6 Å². The molecule has 19 heavy (non-hydrogen) atoms. The van der Waals surface area contributed by atoms with Crippen LogP contribution in [0.1, 0.15) is 10.4 Å². The van der Waals surface area contributed by atoms with Crippen LogP contribution in [0.25, 0.3) is 0 Å². The van der Waals surface area contributed by atoms with E-state index in [0.29, 0.717) is 24.5 Å². The molecule has 2 heterocycles. The first-order chi connectivity index (χ1) is 9.11. The smallest absolute Gasteiger partial charge is 0.170 e. The number of rotatable bonds is 5. The maximum atomic E-state index is 14.3. The average molecular weight is 344 g/mol. The van der Waals surface area contributed by atoms with E-state index in [1.807, 2.05) is 23.4 Å². The number of nitrogens with zero attached hydrogens (tertiary/aromatic N) is 2. The van der Waals surface area contributed by atoms with E-state index in [2.05, 4.69) is 26.2 Å². The predicted molar refractivity (Wildman–Crippen MR) is 81.1 cm³/mol.